The molecule has 2 rings (SSSR count). The first-order chi connectivity index (χ1) is 9.79. The van der Waals surface area contributed by atoms with Crippen LogP contribution in [0.15, 0.2) is 18.2 Å². The van der Waals surface area contributed by atoms with Gasteiger partial charge in [-0.05, 0) is 31.0 Å². The van der Waals surface area contributed by atoms with Gasteiger partial charge in [0.15, 0.2) is 0 Å². The summed E-state index contributed by atoms with van der Waals surface area (Å²) in [6, 6.07) is 3.53. The lowest BCUT2D eigenvalue weighted by Crippen LogP contribution is -2.18. The van der Waals surface area contributed by atoms with Crippen LogP contribution in [0.3, 0.4) is 0 Å². The first kappa shape index (κ1) is 15.3. The summed E-state index contributed by atoms with van der Waals surface area (Å²) in [6.07, 6.45) is -3.51. The average molecular weight is 300 g/mol. The van der Waals surface area contributed by atoms with Crippen molar-refractivity contribution in [2.24, 2.45) is 0 Å². The summed E-state index contributed by atoms with van der Waals surface area (Å²) >= 11 is 0. The second-order valence-corrected chi connectivity index (χ2v) is 4.78. The first-order valence-corrected chi connectivity index (χ1v) is 6.62. The van der Waals surface area contributed by atoms with Gasteiger partial charge in [-0.2, -0.15) is 13.2 Å². The summed E-state index contributed by atoms with van der Waals surface area (Å²) in [6.45, 7) is 3.62. The molecule has 0 radical (unpaired) electrons. The molecule has 1 N–H and O–H groups in total. The minimum atomic E-state index is -4.58. The molecule has 21 heavy (non-hydrogen) atoms. The molecule has 0 atom stereocenters. The van der Waals surface area contributed by atoms with Crippen LogP contribution in [0, 0.1) is 0 Å². The second kappa shape index (κ2) is 5.38. The Balaban J connectivity index is 2.75. The van der Waals surface area contributed by atoms with E-state index in [1.54, 1.807) is 0 Å². The van der Waals surface area contributed by atoms with Gasteiger partial charge in [0.25, 0.3) is 0 Å². The largest absolute Gasteiger partial charge is 0.478 e. The van der Waals surface area contributed by atoms with Crippen molar-refractivity contribution in [2.75, 3.05) is 0 Å². The van der Waals surface area contributed by atoms with E-state index in [9.17, 15) is 18.0 Å². The molecule has 0 saturated carbocycles. The van der Waals surface area contributed by atoms with Crippen LogP contribution in [0.4, 0.5) is 13.2 Å². The van der Waals surface area contributed by atoms with E-state index in [0.717, 1.165) is 0 Å². The third kappa shape index (κ3) is 2.72. The topological polar surface area (TPSA) is 55.1 Å². The SMILES string of the molecule is CCC(CC)n1c(C(F)(F)F)nc2cc(C(=O)O)ccc21. The monoisotopic (exact) mass is 300 g/mol. The van der Waals surface area contributed by atoms with Crippen LogP contribution in [0.2, 0.25) is 0 Å². The van der Waals surface area contributed by atoms with Crippen LogP contribution in [-0.2, 0) is 6.18 Å². The zero-order valence-electron chi connectivity index (χ0n) is 11.6. The molecule has 0 aliphatic rings. The molecule has 0 bridgehead atoms. The molecular weight excluding hydrogens is 285 g/mol. The maximum atomic E-state index is 13.2. The fourth-order valence-electron chi connectivity index (χ4n) is 2.46. The molecule has 4 nitrogen and oxygen atoms in total. The van der Waals surface area contributed by atoms with Crippen LogP contribution in [0.1, 0.15) is 48.9 Å². The number of carbonyl (C=O) groups is 1. The van der Waals surface area contributed by atoms with Gasteiger partial charge >= 0.3 is 12.1 Å². The molecule has 1 heterocycles. The number of carboxylic acids is 1. The Labute approximate surface area is 119 Å². The fourth-order valence-corrected chi connectivity index (χ4v) is 2.46. The van der Waals surface area contributed by atoms with Gasteiger partial charge in [-0.15, -0.1) is 0 Å². The summed E-state index contributed by atoms with van der Waals surface area (Å²) in [7, 11) is 0. The van der Waals surface area contributed by atoms with Gasteiger partial charge in [-0.25, -0.2) is 9.78 Å². The van der Waals surface area contributed by atoms with Crippen molar-refractivity contribution >= 4 is 17.0 Å². The highest BCUT2D eigenvalue weighted by Crippen LogP contribution is 2.35. The van der Waals surface area contributed by atoms with Crippen LogP contribution in [0.5, 0.6) is 0 Å². The molecule has 1 aromatic carbocycles. The Hall–Kier alpha value is -2.05. The van der Waals surface area contributed by atoms with Gasteiger partial charge < -0.3 is 9.67 Å². The molecule has 2 aromatic rings. The standard InChI is InChI=1S/C14H15F3N2O2/c1-3-9(4-2)19-11-6-5-8(12(20)21)7-10(11)18-13(19)14(15,16)17/h5-7,9H,3-4H2,1-2H3,(H,20,21). The number of imidazole rings is 1. The minimum absolute atomic E-state index is 0.0501. The van der Waals surface area contributed by atoms with Crippen molar-refractivity contribution in [2.45, 2.75) is 38.9 Å². The van der Waals surface area contributed by atoms with E-state index in [1.807, 2.05) is 13.8 Å². The van der Waals surface area contributed by atoms with Crippen LogP contribution in [0.25, 0.3) is 11.0 Å². The van der Waals surface area contributed by atoms with E-state index >= 15 is 0 Å². The highest BCUT2D eigenvalue weighted by atomic mass is 19.4. The van der Waals surface area contributed by atoms with Gasteiger partial charge in [0, 0.05) is 6.04 Å². The summed E-state index contributed by atoms with van der Waals surface area (Å²) in [4.78, 5) is 14.5. The molecular formula is C14H15F3N2O2. The molecule has 0 saturated heterocycles. The Kier molecular flexibility index (Phi) is 3.93. The highest BCUT2D eigenvalue weighted by Gasteiger charge is 2.38. The zero-order chi connectivity index (χ0) is 15.8. The van der Waals surface area contributed by atoms with E-state index in [-0.39, 0.29) is 17.1 Å². The predicted molar refractivity (Wildman–Crippen MR) is 71.3 cm³/mol. The number of aromatic carboxylic acids is 1. The normalized spacial score (nSPS) is 12.3. The number of hydrogen-bond donors (Lipinski definition) is 1. The molecule has 0 spiro atoms. The van der Waals surface area contributed by atoms with Crippen molar-refractivity contribution < 1.29 is 23.1 Å². The summed E-state index contributed by atoms with van der Waals surface area (Å²) in [5, 5.41) is 8.92. The number of hydrogen-bond acceptors (Lipinski definition) is 2. The third-order valence-corrected chi connectivity index (χ3v) is 3.50. The Morgan fingerprint density at radius 2 is 1.95 bits per heavy atom. The zero-order valence-corrected chi connectivity index (χ0v) is 11.6. The van der Waals surface area contributed by atoms with E-state index < -0.39 is 18.0 Å². The number of nitrogens with zero attached hydrogens (tertiary/aromatic N) is 2. The number of aromatic nitrogens is 2. The number of benzene rings is 1. The van der Waals surface area contributed by atoms with Gasteiger partial charge in [-0.1, -0.05) is 13.8 Å². The summed E-state index contributed by atoms with van der Waals surface area (Å²) in [5.74, 6) is -2.17. The molecule has 0 unspecified atom stereocenters. The average Bonchev–Trinajstić information content (AvgIpc) is 2.79. The van der Waals surface area contributed by atoms with Crippen molar-refractivity contribution in [3.63, 3.8) is 0 Å². The van der Waals surface area contributed by atoms with E-state index in [0.29, 0.717) is 18.4 Å². The van der Waals surface area contributed by atoms with Gasteiger partial charge in [-0.3, -0.25) is 0 Å². The van der Waals surface area contributed by atoms with Crippen molar-refractivity contribution in [3.8, 4) is 0 Å². The number of fused-ring (bicyclic) bond motifs is 1. The van der Waals surface area contributed by atoms with E-state index in [1.165, 1.54) is 22.8 Å². The molecule has 0 amide bonds. The second-order valence-electron chi connectivity index (χ2n) is 4.78. The van der Waals surface area contributed by atoms with E-state index in [2.05, 4.69) is 4.98 Å². The number of rotatable bonds is 4. The number of carboxylic acid groups (broad SMARTS) is 1. The fraction of sp³-hybridized carbons (Fsp3) is 0.429. The van der Waals surface area contributed by atoms with Crippen LogP contribution in [-0.4, -0.2) is 20.6 Å². The summed E-state index contributed by atoms with van der Waals surface area (Å²) < 4.78 is 40.7. The van der Waals surface area contributed by atoms with Gasteiger partial charge in [0.2, 0.25) is 5.82 Å². The highest BCUT2D eigenvalue weighted by molar-refractivity contribution is 5.92. The maximum absolute atomic E-state index is 13.2. The lowest BCUT2D eigenvalue weighted by molar-refractivity contribution is -0.147. The Morgan fingerprint density at radius 1 is 1.33 bits per heavy atom. The lowest BCUT2D eigenvalue weighted by Gasteiger charge is -2.19. The third-order valence-electron chi connectivity index (χ3n) is 3.50. The van der Waals surface area contributed by atoms with Crippen LogP contribution < -0.4 is 0 Å². The smallest absolute Gasteiger partial charge is 0.449 e. The van der Waals surface area contributed by atoms with Crippen molar-refractivity contribution in [1.82, 2.24) is 9.55 Å². The quantitative estimate of drug-likeness (QED) is 0.924. The van der Waals surface area contributed by atoms with Gasteiger partial charge in [0.05, 0.1) is 16.6 Å². The van der Waals surface area contributed by atoms with Crippen molar-refractivity contribution in [3.05, 3.63) is 29.6 Å². The number of halogens is 3. The minimum Gasteiger partial charge on any atom is -0.478 e. The number of alkyl halides is 3. The Morgan fingerprint density at radius 3 is 2.43 bits per heavy atom. The van der Waals surface area contributed by atoms with Gasteiger partial charge in [0.1, 0.15) is 0 Å². The molecule has 0 aliphatic heterocycles. The Bertz CT molecular complexity index is 673. The van der Waals surface area contributed by atoms with E-state index in [4.69, 9.17) is 5.11 Å². The molecule has 0 fully saturated rings. The lowest BCUT2D eigenvalue weighted by atomic mass is 10.1. The molecule has 114 valence electrons. The molecule has 7 heteroatoms. The predicted octanol–water partition coefficient (Wildman–Crippen LogP) is 4.11. The first-order valence-electron chi connectivity index (χ1n) is 6.62. The molecule has 0 aliphatic carbocycles. The summed E-state index contributed by atoms with van der Waals surface area (Å²) in [5.41, 5.74) is 0.278. The van der Waals surface area contributed by atoms with Crippen LogP contribution >= 0.6 is 0 Å². The maximum Gasteiger partial charge on any atom is 0.449 e. The molecule has 1 aromatic heterocycles. The van der Waals surface area contributed by atoms with Crippen molar-refractivity contribution in [1.29, 1.82) is 0 Å².